The molecule has 0 atom stereocenters. The highest BCUT2D eigenvalue weighted by Gasteiger charge is 2.20. The lowest BCUT2D eigenvalue weighted by Gasteiger charge is -2.11. The summed E-state index contributed by atoms with van der Waals surface area (Å²) < 4.78 is 7.41. The standard InChI is InChI=1S/C51H30N4S2/c1-3-13-31(14-4-1)49-52-50(32-15-5-2-6-16-32)54-51(53-49)38-20-12-24-46-48(38)47-35(19-11-23-45(47)57-46)33-25-27-43-39(29-33)40-30-34(26-28-44(40)56-43)55-41-21-9-7-17-36(41)37-18-8-10-22-42(37)55/h1-30H. The fraction of sp³-hybridized carbons (Fsp3) is 0. The van der Waals surface area contributed by atoms with Crippen molar-refractivity contribution in [2.75, 3.05) is 0 Å². The normalized spacial score (nSPS) is 11.9. The summed E-state index contributed by atoms with van der Waals surface area (Å²) in [6.07, 6.45) is 0. The van der Waals surface area contributed by atoms with Crippen LogP contribution in [0, 0.1) is 0 Å². The third-order valence-electron chi connectivity index (χ3n) is 11.1. The number of benzene rings is 8. The molecule has 0 radical (unpaired) electrons. The molecule has 0 fully saturated rings. The lowest BCUT2D eigenvalue weighted by Crippen LogP contribution is -2.00. The van der Waals surface area contributed by atoms with E-state index in [9.17, 15) is 0 Å². The Hall–Kier alpha value is -6.99. The highest BCUT2D eigenvalue weighted by atomic mass is 32.1. The van der Waals surface area contributed by atoms with Crippen molar-refractivity contribution in [3.05, 3.63) is 182 Å². The van der Waals surface area contributed by atoms with E-state index in [-0.39, 0.29) is 0 Å². The van der Waals surface area contributed by atoms with E-state index in [4.69, 9.17) is 15.0 Å². The summed E-state index contributed by atoms with van der Waals surface area (Å²) >= 11 is 3.67. The molecule has 0 saturated heterocycles. The predicted molar refractivity (Wildman–Crippen MR) is 242 cm³/mol. The van der Waals surface area contributed by atoms with Crippen molar-refractivity contribution in [1.29, 1.82) is 0 Å². The first kappa shape index (κ1) is 32.3. The zero-order valence-corrected chi connectivity index (χ0v) is 32.1. The van der Waals surface area contributed by atoms with Crippen LogP contribution in [0.2, 0.25) is 0 Å². The molecule has 0 aliphatic rings. The van der Waals surface area contributed by atoms with Crippen LogP contribution in [0.5, 0.6) is 0 Å². The summed E-state index contributed by atoms with van der Waals surface area (Å²) in [6, 6.07) is 64.9. The molecule has 266 valence electrons. The molecule has 0 spiro atoms. The van der Waals surface area contributed by atoms with Crippen molar-refractivity contribution in [3.8, 4) is 51.0 Å². The van der Waals surface area contributed by atoms with Crippen molar-refractivity contribution in [1.82, 2.24) is 19.5 Å². The van der Waals surface area contributed by atoms with Crippen molar-refractivity contribution < 1.29 is 0 Å². The summed E-state index contributed by atoms with van der Waals surface area (Å²) in [5, 5.41) is 7.47. The van der Waals surface area contributed by atoms with Crippen molar-refractivity contribution in [2.45, 2.75) is 0 Å². The highest BCUT2D eigenvalue weighted by molar-refractivity contribution is 7.26. The zero-order valence-electron chi connectivity index (χ0n) is 30.4. The van der Waals surface area contributed by atoms with Gasteiger partial charge in [-0.3, -0.25) is 0 Å². The van der Waals surface area contributed by atoms with Gasteiger partial charge in [-0.2, -0.15) is 0 Å². The Morgan fingerprint density at radius 2 is 0.842 bits per heavy atom. The van der Waals surface area contributed by atoms with Gasteiger partial charge in [0.1, 0.15) is 0 Å². The molecule has 12 aromatic rings. The predicted octanol–water partition coefficient (Wildman–Crippen LogP) is 14.4. The average Bonchev–Trinajstić information content (AvgIpc) is 3.96. The van der Waals surface area contributed by atoms with Crippen molar-refractivity contribution >= 4 is 84.8 Å². The maximum Gasteiger partial charge on any atom is 0.164 e. The molecule has 4 aromatic heterocycles. The topological polar surface area (TPSA) is 43.6 Å². The van der Waals surface area contributed by atoms with Crippen LogP contribution >= 0.6 is 22.7 Å². The molecule has 0 bridgehead atoms. The Labute approximate surface area is 335 Å². The molecule has 0 unspecified atom stereocenters. The first-order valence-corrected chi connectivity index (χ1v) is 20.7. The van der Waals surface area contributed by atoms with Gasteiger partial charge in [-0.25, -0.2) is 15.0 Å². The van der Waals surface area contributed by atoms with Crippen molar-refractivity contribution in [3.63, 3.8) is 0 Å². The molecule has 6 heteroatoms. The summed E-state index contributed by atoms with van der Waals surface area (Å²) in [5.74, 6) is 1.98. The number of aromatic nitrogens is 4. The van der Waals surface area contributed by atoms with E-state index in [0.717, 1.165) is 16.7 Å². The quantitative estimate of drug-likeness (QED) is 0.175. The van der Waals surface area contributed by atoms with Gasteiger partial charge in [-0.05, 0) is 65.7 Å². The van der Waals surface area contributed by atoms with E-state index in [1.807, 2.05) is 59.1 Å². The molecule has 0 amide bonds. The van der Waals surface area contributed by atoms with Gasteiger partial charge in [0.05, 0.1) is 11.0 Å². The molecule has 0 saturated carbocycles. The van der Waals surface area contributed by atoms with Gasteiger partial charge in [-0.15, -0.1) is 22.7 Å². The summed E-state index contributed by atoms with van der Waals surface area (Å²) in [4.78, 5) is 15.3. The molecule has 8 aromatic carbocycles. The Balaban J connectivity index is 1.06. The number of hydrogen-bond acceptors (Lipinski definition) is 5. The first-order chi connectivity index (χ1) is 28.2. The van der Waals surface area contributed by atoms with Crippen LogP contribution in [0.25, 0.3) is 113 Å². The third kappa shape index (κ3) is 5.15. The number of hydrogen-bond donors (Lipinski definition) is 0. The molecular formula is C51H30N4S2. The second-order valence-corrected chi connectivity index (χ2v) is 16.5. The van der Waals surface area contributed by atoms with Gasteiger partial charge in [0.2, 0.25) is 0 Å². The van der Waals surface area contributed by atoms with Crippen LogP contribution in [0.1, 0.15) is 0 Å². The van der Waals surface area contributed by atoms with E-state index in [2.05, 4.69) is 150 Å². The van der Waals surface area contributed by atoms with E-state index in [1.54, 1.807) is 0 Å². The van der Waals surface area contributed by atoms with E-state index in [1.165, 1.54) is 79.0 Å². The summed E-state index contributed by atoms with van der Waals surface area (Å²) in [5.41, 5.74) is 8.91. The fourth-order valence-electron chi connectivity index (χ4n) is 8.50. The molecular weight excluding hydrogens is 733 g/mol. The molecule has 12 rings (SSSR count). The Kier molecular flexibility index (Phi) is 7.24. The SMILES string of the molecule is c1ccc(-c2nc(-c3ccccc3)nc(-c3cccc4sc5cccc(-c6ccc7sc8ccc(-n9c%10ccccc%10c%10ccccc%109)cc8c7c6)c5c34)n2)cc1. The van der Waals surface area contributed by atoms with Crippen LogP contribution in [0.3, 0.4) is 0 Å². The summed E-state index contributed by atoms with van der Waals surface area (Å²) in [7, 11) is 0. The van der Waals surface area contributed by atoms with Crippen LogP contribution in [-0.4, -0.2) is 19.5 Å². The minimum absolute atomic E-state index is 0.659. The maximum absolute atomic E-state index is 5.16. The monoisotopic (exact) mass is 762 g/mol. The van der Waals surface area contributed by atoms with Crippen molar-refractivity contribution in [2.24, 2.45) is 0 Å². The molecule has 0 aliphatic carbocycles. The lowest BCUT2D eigenvalue weighted by molar-refractivity contribution is 1.08. The lowest BCUT2D eigenvalue weighted by atomic mass is 9.96. The smallest absolute Gasteiger partial charge is 0.164 e. The summed E-state index contributed by atoms with van der Waals surface area (Å²) in [6.45, 7) is 0. The largest absolute Gasteiger partial charge is 0.309 e. The molecule has 4 nitrogen and oxygen atoms in total. The second kappa shape index (κ2) is 12.8. The van der Waals surface area contributed by atoms with Gasteiger partial charge in [0.15, 0.2) is 17.5 Å². The van der Waals surface area contributed by atoms with E-state index >= 15 is 0 Å². The number of nitrogens with zero attached hydrogens (tertiary/aromatic N) is 4. The first-order valence-electron chi connectivity index (χ1n) is 19.0. The van der Waals surface area contributed by atoms with Gasteiger partial charge >= 0.3 is 0 Å². The Morgan fingerprint density at radius 3 is 1.49 bits per heavy atom. The molecule has 57 heavy (non-hydrogen) atoms. The van der Waals surface area contributed by atoms with Crippen LogP contribution in [-0.2, 0) is 0 Å². The number of fused-ring (bicyclic) bond motifs is 9. The second-order valence-electron chi connectivity index (χ2n) is 14.4. The number of para-hydroxylation sites is 2. The Bertz CT molecular complexity index is 3410. The van der Waals surface area contributed by atoms with Crippen LogP contribution < -0.4 is 0 Å². The zero-order chi connectivity index (χ0) is 37.5. The minimum Gasteiger partial charge on any atom is -0.309 e. The number of rotatable bonds is 5. The van der Waals surface area contributed by atoms with E-state index in [0.29, 0.717) is 17.5 Å². The molecule has 0 aliphatic heterocycles. The van der Waals surface area contributed by atoms with Gasteiger partial charge in [0, 0.05) is 73.5 Å². The number of thiophene rings is 2. The van der Waals surface area contributed by atoms with Crippen LogP contribution in [0.15, 0.2) is 182 Å². The fourth-order valence-corrected chi connectivity index (χ4v) is 10.7. The van der Waals surface area contributed by atoms with Crippen LogP contribution in [0.4, 0.5) is 0 Å². The maximum atomic E-state index is 5.16. The molecule has 4 heterocycles. The van der Waals surface area contributed by atoms with Gasteiger partial charge in [-0.1, -0.05) is 127 Å². The highest BCUT2D eigenvalue weighted by Crippen LogP contribution is 2.46. The average molecular weight is 763 g/mol. The van der Waals surface area contributed by atoms with E-state index < -0.39 is 0 Å². The molecule has 0 N–H and O–H groups in total. The third-order valence-corrected chi connectivity index (χ3v) is 13.3. The Morgan fingerprint density at radius 1 is 0.333 bits per heavy atom. The van der Waals surface area contributed by atoms with Gasteiger partial charge in [0.25, 0.3) is 0 Å². The minimum atomic E-state index is 0.659. The van der Waals surface area contributed by atoms with Gasteiger partial charge < -0.3 is 4.57 Å².